The number of carbonyl (C=O) groups is 1. The van der Waals surface area contributed by atoms with Gasteiger partial charge < -0.3 is 5.32 Å². The Labute approximate surface area is 217 Å². The summed E-state index contributed by atoms with van der Waals surface area (Å²) in [6.45, 7) is -0.193. The molecule has 0 saturated carbocycles. The van der Waals surface area contributed by atoms with Crippen molar-refractivity contribution in [1.29, 1.82) is 0 Å². The maximum absolute atomic E-state index is 13.3. The van der Waals surface area contributed by atoms with Crippen LogP contribution in [-0.2, 0) is 20.6 Å². The summed E-state index contributed by atoms with van der Waals surface area (Å²) in [5.41, 5.74) is 0.758. The van der Waals surface area contributed by atoms with E-state index < -0.39 is 27.4 Å². The number of sulfonamides is 1. The number of thioether (sulfide) groups is 1. The summed E-state index contributed by atoms with van der Waals surface area (Å²) in [4.78, 5) is 23.0. The standard InChI is InChI=1S/C23H21Cl2N3O5S2/c24-21-7-4-8-22(25)20(21)16-34-14-13-26-23(29)15-27(17-9-11-18(12-10-17)28(30)31)35(32,33)19-5-2-1-3-6-19/h1-12H,13-16H2,(H,26,29). The van der Waals surface area contributed by atoms with Crippen LogP contribution in [0.25, 0.3) is 0 Å². The van der Waals surface area contributed by atoms with Crippen LogP contribution in [0.15, 0.2) is 77.7 Å². The maximum atomic E-state index is 13.3. The van der Waals surface area contributed by atoms with E-state index in [0.29, 0.717) is 28.1 Å². The van der Waals surface area contributed by atoms with Crippen LogP contribution in [0.1, 0.15) is 5.56 Å². The molecule has 184 valence electrons. The lowest BCUT2D eigenvalue weighted by Gasteiger charge is -2.24. The predicted octanol–water partition coefficient (Wildman–Crippen LogP) is 5.15. The molecule has 0 bridgehead atoms. The summed E-state index contributed by atoms with van der Waals surface area (Å²) in [5, 5.41) is 14.8. The van der Waals surface area contributed by atoms with Gasteiger partial charge in [0.15, 0.2) is 0 Å². The number of nitro groups is 1. The molecular weight excluding hydrogens is 533 g/mol. The number of nitrogens with zero attached hydrogens (tertiary/aromatic N) is 2. The summed E-state index contributed by atoms with van der Waals surface area (Å²) in [5.74, 6) is 0.598. The highest BCUT2D eigenvalue weighted by molar-refractivity contribution is 7.98. The third kappa shape index (κ3) is 7.11. The molecule has 0 spiro atoms. The predicted molar refractivity (Wildman–Crippen MR) is 140 cm³/mol. The van der Waals surface area contributed by atoms with Gasteiger partial charge in [0, 0.05) is 40.2 Å². The van der Waals surface area contributed by atoms with Crippen molar-refractivity contribution in [3.63, 3.8) is 0 Å². The number of nitrogens with one attached hydrogen (secondary N) is 1. The first-order valence-electron chi connectivity index (χ1n) is 10.3. The molecule has 1 amide bonds. The van der Waals surface area contributed by atoms with Crippen LogP contribution in [0.2, 0.25) is 10.0 Å². The molecule has 8 nitrogen and oxygen atoms in total. The molecule has 35 heavy (non-hydrogen) atoms. The first-order chi connectivity index (χ1) is 16.7. The summed E-state index contributed by atoms with van der Waals surface area (Å²) >= 11 is 13.8. The lowest BCUT2D eigenvalue weighted by Crippen LogP contribution is -2.41. The summed E-state index contributed by atoms with van der Waals surface area (Å²) < 4.78 is 27.5. The smallest absolute Gasteiger partial charge is 0.269 e. The Balaban J connectivity index is 1.67. The Morgan fingerprint density at radius 2 is 1.60 bits per heavy atom. The van der Waals surface area contributed by atoms with Gasteiger partial charge in [0.2, 0.25) is 5.91 Å². The fourth-order valence-electron chi connectivity index (χ4n) is 3.07. The zero-order chi connectivity index (χ0) is 25.4. The number of nitro benzene ring substituents is 1. The lowest BCUT2D eigenvalue weighted by molar-refractivity contribution is -0.384. The minimum absolute atomic E-state index is 0.00155. The molecule has 0 saturated heterocycles. The van der Waals surface area contributed by atoms with Gasteiger partial charge in [0.1, 0.15) is 6.54 Å². The number of rotatable bonds is 11. The number of non-ortho nitro benzene ring substituents is 1. The number of anilines is 1. The second-order valence-electron chi connectivity index (χ2n) is 7.20. The average molecular weight is 554 g/mol. The zero-order valence-corrected chi connectivity index (χ0v) is 21.4. The SMILES string of the molecule is O=C(CN(c1ccc([N+](=O)[O-])cc1)S(=O)(=O)c1ccccc1)NCCSCc1c(Cl)cccc1Cl. The van der Waals surface area contributed by atoms with Gasteiger partial charge in [-0.25, -0.2) is 8.42 Å². The number of carbonyl (C=O) groups excluding carboxylic acids is 1. The Hall–Kier alpha value is -2.79. The van der Waals surface area contributed by atoms with Crippen molar-refractivity contribution in [3.05, 3.63) is 98.5 Å². The largest absolute Gasteiger partial charge is 0.354 e. The van der Waals surface area contributed by atoms with Crippen molar-refractivity contribution in [2.24, 2.45) is 0 Å². The Morgan fingerprint density at radius 3 is 2.20 bits per heavy atom. The van der Waals surface area contributed by atoms with Crippen molar-refractivity contribution < 1.29 is 18.1 Å². The first kappa shape index (κ1) is 26.8. The van der Waals surface area contributed by atoms with Crippen molar-refractivity contribution >= 4 is 62.3 Å². The highest BCUT2D eigenvalue weighted by atomic mass is 35.5. The fraction of sp³-hybridized carbons (Fsp3) is 0.174. The van der Waals surface area contributed by atoms with E-state index in [0.717, 1.165) is 9.87 Å². The monoisotopic (exact) mass is 553 g/mol. The van der Waals surface area contributed by atoms with Gasteiger partial charge in [0.05, 0.1) is 15.5 Å². The Bertz CT molecular complexity index is 1270. The highest BCUT2D eigenvalue weighted by Crippen LogP contribution is 2.28. The molecule has 3 aromatic rings. The minimum Gasteiger partial charge on any atom is -0.354 e. The van der Waals surface area contributed by atoms with E-state index in [4.69, 9.17) is 23.2 Å². The van der Waals surface area contributed by atoms with Crippen molar-refractivity contribution in [2.45, 2.75) is 10.6 Å². The Morgan fingerprint density at radius 1 is 0.971 bits per heavy atom. The normalized spacial score (nSPS) is 11.1. The quantitative estimate of drug-likeness (QED) is 0.200. The van der Waals surface area contributed by atoms with Crippen LogP contribution in [0.3, 0.4) is 0 Å². The molecule has 0 atom stereocenters. The molecule has 1 N–H and O–H groups in total. The van der Waals surface area contributed by atoms with E-state index in [1.54, 1.807) is 36.4 Å². The first-order valence-corrected chi connectivity index (χ1v) is 13.6. The second-order valence-corrected chi connectivity index (χ2v) is 11.0. The van der Waals surface area contributed by atoms with E-state index in [1.807, 2.05) is 0 Å². The molecular formula is C23H21Cl2N3O5S2. The molecule has 3 aromatic carbocycles. The van der Waals surface area contributed by atoms with E-state index in [-0.39, 0.29) is 16.3 Å². The lowest BCUT2D eigenvalue weighted by atomic mass is 10.2. The van der Waals surface area contributed by atoms with Gasteiger partial charge in [-0.3, -0.25) is 19.2 Å². The topological polar surface area (TPSA) is 110 Å². The van der Waals surface area contributed by atoms with Crippen molar-refractivity contribution in [3.8, 4) is 0 Å². The molecule has 0 aromatic heterocycles. The van der Waals surface area contributed by atoms with Crippen molar-refractivity contribution in [2.75, 3.05) is 23.1 Å². The number of halogens is 2. The van der Waals surface area contributed by atoms with Crippen LogP contribution in [0.5, 0.6) is 0 Å². The maximum Gasteiger partial charge on any atom is 0.269 e. The van der Waals surface area contributed by atoms with Gasteiger partial charge in [0.25, 0.3) is 15.7 Å². The molecule has 3 rings (SSSR count). The van der Waals surface area contributed by atoms with E-state index in [2.05, 4.69) is 5.32 Å². The van der Waals surface area contributed by atoms with E-state index >= 15 is 0 Å². The van der Waals surface area contributed by atoms with Crippen LogP contribution in [0, 0.1) is 10.1 Å². The zero-order valence-electron chi connectivity index (χ0n) is 18.3. The third-order valence-electron chi connectivity index (χ3n) is 4.84. The Kier molecular flexibility index (Phi) is 9.39. The highest BCUT2D eigenvalue weighted by Gasteiger charge is 2.27. The van der Waals surface area contributed by atoms with Crippen molar-refractivity contribution in [1.82, 2.24) is 5.32 Å². The van der Waals surface area contributed by atoms with E-state index in [1.165, 1.54) is 48.2 Å². The molecule has 0 unspecified atom stereocenters. The van der Waals surface area contributed by atoms with Gasteiger partial charge in [-0.05, 0) is 42.0 Å². The summed E-state index contributed by atoms with van der Waals surface area (Å²) in [7, 11) is -4.09. The van der Waals surface area contributed by atoms with Crippen LogP contribution < -0.4 is 9.62 Å². The number of hydrogen-bond donors (Lipinski definition) is 1. The minimum atomic E-state index is -4.09. The molecule has 0 aliphatic carbocycles. The third-order valence-corrected chi connectivity index (χ3v) is 8.33. The van der Waals surface area contributed by atoms with Gasteiger partial charge in [-0.1, -0.05) is 47.5 Å². The van der Waals surface area contributed by atoms with Gasteiger partial charge in [-0.15, -0.1) is 0 Å². The molecule has 0 aliphatic heterocycles. The fourth-order valence-corrected chi connectivity index (χ4v) is 6.11. The molecule has 0 heterocycles. The number of amides is 1. The number of benzene rings is 3. The average Bonchev–Trinajstić information content (AvgIpc) is 2.84. The van der Waals surface area contributed by atoms with Crippen LogP contribution >= 0.6 is 35.0 Å². The van der Waals surface area contributed by atoms with Crippen LogP contribution in [-0.4, -0.2) is 38.1 Å². The molecule has 12 heteroatoms. The van der Waals surface area contributed by atoms with E-state index in [9.17, 15) is 23.3 Å². The summed E-state index contributed by atoms with van der Waals surface area (Å²) in [6.07, 6.45) is 0. The van der Waals surface area contributed by atoms with Gasteiger partial charge in [-0.2, -0.15) is 11.8 Å². The number of hydrogen-bond acceptors (Lipinski definition) is 6. The molecule has 0 fully saturated rings. The molecule has 0 radical (unpaired) electrons. The second kappa shape index (κ2) is 12.3. The van der Waals surface area contributed by atoms with Crippen LogP contribution in [0.4, 0.5) is 11.4 Å². The summed E-state index contributed by atoms with van der Waals surface area (Å²) in [6, 6.07) is 17.9. The molecule has 0 aliphatic rings. The van der Waals surface area contributed by atoms with Gasteiger partial charge >= 0.3 is 0 Å².